The highest BCUT2D eigenvalue weighted by molar-refractivity contribution is 9.10. The van der Waals surface area contributed by atoms with E-state index in [2.05, 4.69) is 41.5 Å². The van der Waals surface area contributed by atoms with Gasteiger partial charge >= 0.3 is 0 Å². The molecular weight excluding hydrogens is 288 g/mol. The Morgan fingerprint density at radius 2 is 2.41 bits per heavy atom. The summed E-state index contributed by atoms with van der Waals surface area (Å²) in [6.45, 7) is 0.633. The second-order valence-electron chi connectivity index (χ2n) is 3.44. The number of aromatic nitrogens is 5. The predicted molar refractivity (Wildman–Crippen MR) is 65.8 cm³/mol. The molecule has 2 aromatic rings. The number of nitrogens with zero attached hydrogens (tertiary/aromatic N) is 4. The van der Waals surface area contributed by atoms with Crippen molar-refractivity contribution >= 4 is 21.6 Å². The van der Waals surface area contributed by atoms with Gasteiger partial charge in [-0.15, -0.1) is 0 Å². The van der Waals surface area contributed by atoms with Gasteiger partial charge in [-0.3, -0.25) is 9.48 Å². The van der Waals surface area contributed by atoms with E-state index in [-0.39, 0.29) is 5.56 Å². The average molecular weight is 299 g/mol. The molecule has 0 aliphatic heterocycles. The average Bonchev–Trinajstić information content (AvgIpc) is 2.70. The van der Waals surface area contributed by atoms with Gasteiger partial charge in [-0.1, -0.05) is 0 Å². The van der Waals surface area contributed by atoms with Crippen LogP contribution in [-0.4, -0.2) is 31.5 Å². The number of aryl methyl sites for hydroxylation is 1. The standard InChI is InChI=1S/C9H11BrN6O/c1-16-5-12-7(15-16)2-3-11-6-4-13-14-9(17)8(6)10/h4-5H,2-3H2,1H3,(H2,11,14,17). The first-order valence-electron chi connectivity index (χ1n) is 4.98. The first-order chi connectivity index (χ1) is 8.16. The minimum atomic E-state index is -0.258. The molecule has 0 saturated heterocycles. The van der Waals surface area contributed by atoms with E-state index < -0.39 is 0 Å². The largest absolute Gasteiger partial charge is 0.382 e. The lowest BCUT2D eigenvalue weighted by Crippen LogP contribution is -2.14. The van der Waals surface area contributed by atoms with Crippen molar-refractivity contribution in [3.05, 3.63) is 33.2 Å². The number of halogens is 1. The molecule has 2 aromatic heterocycles. The van der Waals surface area contributed by atoms with Crippen LogP contribution in [0.5, 0.6) is 0 Å². The van der Waals surface area contributed by atoms with Gasteiger partial charge in [0.25, 0.3) is 5.56 Å². The van der Waals surface area contributed by atoms with E-state index in [9.17, 15) is 4.79 Å². The van der Waals surface area contributed by atoms with Crippen molar-refractivity contribution in [3.8, 4) is 0 Å². The van der Waals surface area contributed by atoms with Crippen LogP contribution in [0, 0.1) is 0 Å². The number of H-pyrrole nitrogens is 1. The summed E-state index contributed by atoms with van der Waals surface area (Å²) in [4.78, 5) is 15.3. The first-order valence-corrected chi connectivity index (χ1v) is 5.77. The van der Waals surface area contributed by atoms with Crippen molar-refractivity contribution in [1.82, 2.24) is 25.0 Å². The molecule has 2 rings (SSSR count). The molecule has 0 radical (unpaired) electrons. The van der Waals surface area contributed by atoms with E-state index in [1.165, 1.54) is 0 Å². The lowest BCUT2D eigenvalue weighted by Gasteiger charge is -2.05. The van der Waals surface area contributed by atoms with Crippen LogP contribution < -0.4 is 10.9 Å². The summed E-state index contributed by atoms with van der Waals surface area (Å²) in [6, 6.07) is 0. The summed E-state index contributed by atoms with van der Waals surface area (Å²) in [5.41, 5.74) is 0.399. The summed E-state index contributed by atoms with van der Waals surface area (Å²) in [5, 5.41) is 13.3. The molecule has 90 valence electrons. The molecule has 0 aromatic carbocycles. The van der Waals surface area contributed by atoms with Crippen LogP contribution in [0.25, 0.3) is 0 Å². The van der Waals surface area contributed by atoms with Crippen LogP contribution in [0.2, 0.25) is 0 Å². The van der Waals surface area contributed by atoms with Crippen LogP contribution in [0.1, 0.15) is 5.82 Å². The van der Waals surface area contributed by atoms with E-state index in [0.29, 0.717) is 23.1 Å². The Labute approximate surface area is 105 Å². The molecule has 8 heteroatoms. The fourth-order valence-electron chi connectivity index (χ4n) is 1.31. The van der Waals surface area contributed by atoms with Gasteiger partial charge < -0.3 is 5.32 Å². The van der Waals surface area contributed by atoms with E-state index in [0.717, 1.165) is 5.82 Å². The van der Waals surface area contributed by atoms with Crippen molar-refractivity contribution in [1.29, 1.82) is 0 Å². The molecule has 0 unspecified atom stereocenters. The van der Waals surface area contributed by atoms with E-state index in [1.54, 1.807) is 17.2 Å². The zero-order valence-electron chi connectivity index (χ0n) is 9.14. The van der Waals surface area contributed by atoms with Gasteiger partial charge in [-0.05, 0) is 15.9 Å². The maximum atomic E-state index is 11.2. The monoisotopic (exact) mass is 298 g/mol. The number of aromatic amines is 1. The highest BCUT2D eigenvalue weighted by Crippen LogP contribution is 2.14. The van der Waals surface area contributed by atoms with Crippen molar-refractivity contribution in [2.24, 2.45) is 7.05 Å². The van der Waals surface area contributed by atoms with Gasteiger partial charge in [0.1, 0.15) is 10.8 Å². The predicted octanol–water partition coefficient (Wildman–Crippen LogP) is 0.315. The third kappa shape index (κ3) is 2.90. The minimum absolute atomic E-state index is 0.258. The highest BCUT2D eigenvalue weighted by Gasteiger charge is 2.04. The molecule has 0 aliphatic carbocycles. The maximum Gasteiger partial charge on any atom is 0.280 e. The Kier molecular flexibility index (Phi) is 3.52. The topological polar surface area (TPSA) is 88.5 Å². The van der Waals surface area contributed by atoms with Gasteiger partial charge in [-0.2, -0.15) is 10.2 Å². The second-order valence-corrected chi connectivity index (χ2v) is 4.23. The zero-order valence-corrected chi connectivity index (χ0v) is 10.7. The smallest absolute Gasteiger partial charge is 0.280 e. The molecule has 0 bridgehead atoms. The van der Waals surface area contributed by atoms with Crippen LogP contribution in [0.15, 0.2) is 21.8 Å². The van der Waals surface area contributed by atoms with E-state index in [1.807, 2.05) is 7.05 Å². The Bertz CT molecular complexity index is 563. The van der Waals surface area contributed by atoms with Crippen molar-refractivity contribution in [2.45, 2.75) is 6.42 Å². The minimum Gasteiger partial charge on any atom is -0.382 e. The van der Waals surface area contributed by atoms with Crippen LogP contribution in [0.3, 0.4) is 0 Å². The summed E-state index contributed by atoms with van der Waals surface area (Å²) >= 11 is 3.19. The Balaban J connectivity index is 1.94. The molecule has 0 spiro atoms. The third-order valence-corrected chi connectivity index (χ3v) is 2.89. The fraction of sp³-hybridized carbons (Fsp3) is 0.333. The zero-order chi connectivity index (χ0) is 12.3. The van der Waals surface area contributed by atoms with Gasteiger partial charge in [0, 0.05) is 20.0 Å². The second kappa shape index (κ2) is 5.09. The molecule has 17 heavy (non-hydrogen) atoms. The highest BCUT2D eigenvalue weighted by atomic mass is 79.9. The fourth-order valence-corrected chi connectivity index (χ4v) is 1.65. The van der Waals surface area contributed by atoms with Gasteiger partial charge in [0.05, 0.1) is 11.9 Å². The number of anilines is 1. The van der Waals surface area contributed by atoms with Crippen molar-refractivity contribution in [3.63, 3.8) is 0 Å². The van der Waals surface area contributed by atoms with Crippen molar-refractivity contribution in [2.75, 3.05) is 11.9 Å². The van der Waals surface area contributed by atoms with E-state index >= 15 is 0 Å². The van der Waals surface area contributed by atoms with Crippen LogP contribution in [-0.2, 0) is 13.5 Å². The van der Waals surface area contributed by atoms with Gasteiger partial charge in [0.2, 0.25) is 0 Å². The normalized spacial score (nSPS) is 10.5. The lowest BCUT2D eigenvalue weighted by molar-refractivity contribution is 0.742. The number of hydrogen-bond donors (Lipinski definition) is 2. The molecule has 0 atom stereocenters. The SMILES string of the molecule is Cn1cnc(CCNc2cn[nH]c(=O)c2Br)n1. The Morgan fingerprint density at radius 3 is 3.12 bits per heavy atom. The van der Waals surface area contributed by atoms with Crippen molar-refractivity contribution < 1.29 is 0 Å². The Hall–Kier alpha value is -1.70. The molecule has 2 N–H and O–H groups in total. The summed E-state index contributed by atoms with van der Waals surface area (Å²) in [5.74, 6) is 0.758. The summed E-state index contributed by atoms with van der Waals surface area (Å²) < 4.78 is 2.10. The van der Waals surface area contributed by atoms with Gasteiger partial charge in [0.15, 0.2) is 5.82 Å². The summed E-state index contributed by atoms with van der Waals surface area (Å²) in [6.07, 6.45) is 3.89. The molecule has 0 aliphatic rings. The molecule has 2 heterocycles. The molecule has 7 nitrogen and oxygen atoms in total. The molecule has 0 fully saturated rings. The van der Waals surface area contributed by atoms with Crippen LogP contribution in [0.4, 0.5) is 5.69 Å². The lowest BCUT2D eigenvalue weighted by atomic mass is 10.4. The Morgan fingerprint density at radius 1 is 1.59 bits per heavy atom. The molecular formula is C9H11BrN6O. The molecule has 0 saturated carbocycles. The van der Waals surface area contributed by atoms with E-state index in [4.69, 9.17) is 0 Å². The molecule has 0 amide bonds. The third-order valence-electron chi connectivity index (χ3n) is 2.11. The van der Waals surface area contributed by atoms with Gasteiger partial charge in [-0.25, -0.2) is 10.1 Å². The quantitative estimate of drug-likeness (QED) is 0.848. The maximum absolute atomic E-state index is 11.2. The number of rotatable bonds is 4. The first kappa shape index (κ1) is 11.8. The number of nitrogens with one attached hydrogen (secondary N) is 2. The van der Waals surface area contributed by atoms with Crippen LogP contribution >= 0.6 is 15.9 Å². The summed E-state index contributed by atoms with van der Waals surface area (Å²) in [7, 11) is 1.82. The number of hydrogen-bond acceptors (Lipinski definition) is 5.